The topological polar surface area (TPSA) is 58.4 Å². The molecule has 0 radical (unpaired) electrons. The van der Waals surface area contributed by atoms with Crippen LogP contribution < -0.4 is 4.90 Å². The van der Waals surface area contributed by atoms with Crippen molar-refractivity contribution >= 4 is 28.5 Å². The average molecular weight is 453 g/mol. The first-order chi connectivity index (χ1) is 16.6. The molecular formula is C28H28N4O2. The number of carbonyl (C=O) groups is 2. The Morgan fingerprint density at radius 1 is 0.971 bits per heavy atom. The Kier molecular flexibility index (Phi) is 6.12. The summed E-state index contributed by atoms with van der Waals surface area (Å²) in [4.78, 5) is 34.9. The van der Waals surface area contributed by atoms with Gasteiger partial charge in [-0.2, -0.15) is 0 Å². The zero-order chi connectivity index (χ0) is 23.5. The molecule has 1 aromatic heterocycles. The Labute approximate surface area is 199 Å². The molecule has 6 nitrogen and oxygen atoms in total. The molecule has 0 saturated carbocycles. The SMILES string of the molecule is CCN(C(=O)Cn1c([C@H]2CC(=O)N(Cc3ccccc3)C2)nc2ccccc21)c1ccccc1. The molecule has 0 bridgehead atoms. The van der Waals surface area contributed by atoms with Gasteiger partial charge in [-0.25, -0.2) is 4.98 Å². The van der Waals surface area contributed by atoms with Crippen molar-refractivity contribution in [3.8, 4) is 0 Å². The van der Waals surface area contributed by atoms with Crippen molar-refractivity contribution in [2.75, 3.05) is 18.0 Å². The lowest BCUT2D eigenvalue weighted by molar-refractivity contribution is -0.128. The number of para-hydroxylation sites is 3. The Morgan fingerprint density at radius 3 is 2.38 bits per heavy atom. The van der Waals surface area contributed by atoms with E-state index >= 15 is 0 Å². The predicted molar refractivity (Wildman–Crippen MR) is 133 cm³/mol. The van der Waals surface area contributed by atoms with Crippen LogP contribution in [0.1, 0.15) is 30.7 Å². The van der Waals surface area contributed by atoms with Crippen LogP contribution >= 0.6 is 0 Å². The van der Waals surface area contributed by atoms with Gasteiger partial charge in [-0.3, -0.25) is 9.59 Å². The number of rotatable bonds is 7. The molecule has 2 heterocycles. The fraction of sp³-hybridized carbons (Fsp3) is 0.250. The summed E-state index contributed by atoms with van der Waals surface area (Å²) in [5.41, 5.74) is 3.76. The van der Waals surface area contributed by atoms with Crippen molar-refractivity contribution < 1.29 is 9.59 Å². The molecular weight excluding hydrogens is 424 g/mol. The van der Waals surface area contributed by atoms with Crippen molar-refractivity contribution in [3.63, 3.8) is 0 Å². The number of aromatic nitrogens is 2. The highest BCUT2D eigenvalue weighted by molar-refractivity contribution is 5.94. The fourth-order valence-corrected chi connectivity index (χ4v) is 4.81. The number of nitrogens with zero attached hydrogens (tertiary/aromatic N) is 4. The molecule has 1 fully saturated rings. The molecule has 0 spiro atoms. The minimum absolute atomic E-state index is 0.00330. The molecule has 1 aliphatic rings. The Morgan fingerprint density at radius 2 is 1.65 bits per heavy atom. The summed E-state index contributed by atoms with van der Waals surface area (Å²) < 4.78 is 2.01. The van der Waals surface area contributed by atoms with E-state index in [1.807, 2.05) is 101 Å². The van der Waals surface area contributed by atoms with Crippen LogP contribution in [0.15, 0.2) is 84.9 Å². The van der Waals surface area contributed by atoms with E-state index in [0.717, 1.165) is 28.1 Å². The van der Waals surface area contributed by atoms with Crippen molar-refractivity contribution in [2.45, 2.75) is 32.4 Å². The minimum atomic E-state index is -0.0526. The largest absolute Gasteiger partial charge is 0.338 e. The predicted octanol–water partition coefficient (Wildman–Crippen LogP) is 4.61. The Hall–Kier alpha value is -3.93. The number of likely N-dealkylation sites (tertiary alicyclic amines) is 1. The van der Waals surface area contributed by atoms with Crippen molar-refractivity contribution in [1.82, 2.24) is 14.5 Å². The fourth-order valence-electron chi connectivity index (χ4n) is 4.81. The average Bonchev–Trinajstić information content (AvgIpc) is 3.41. The third-order valence-electron chi connectivity index (χ3n) is 6.46. The highest BCUT2D eigenvalue weighted by atomic mass is 16.2. The van der Waals surface area contributed by atoms with Crippen LogP contribution in [0.4, 0.5) is 5.69 Å². The third-order valence-corrected chi connectivity index (χ3v) is 6.46. The van der Waals surface area contributed by atoms with Crippen LogP contribution in [0, 0.1) is 0 Å². The van der Waals surface area contributed by atoms with Gasteiger partial charge < -0.3 is 14.4 Å². The summed E-state index contributed by atoms with van der Waals surface area (Å²) in [5, 5.41) is 0. The molecule has 2 amide bonds. The minimum Gasteiger partial charge on any atom is -0.338 e. The molecule has 1 atom stereocenters. The molecule has 172 valence electrons. The van der Waals surface area contributed by atoms with Crippen LogP contribution in [0.3, 0.4) is 0 Å². The summed E-state index contributed by atoms with van der Waals surface area (Å²) >= 11 is 0. The molecule has 5 rings (SSSR count). The lowest BCUT2D eigenvalue weighted by Gasteiger charge is -2.23. The van der Waals surface area contributed by atoms with Crippen LogP contribution in [0.2, 0.25) is 0 Å². The summed E-state index contributed by atoms with van der Waals surface area (Å²) in [7, 11) is 0. The maximum Gasteiger partial charge on any atom is 0.246 e. The molecule has 3 aromatic carbocycles. The monoisotopic (exact) mass is 452 g/mol. The smallest absolute Gasteiger partial charge is 0.246 e. The van der Waals surface area contributed by atoms with Gasteiger partial charge in [-0.1, -0.05) is 60.7 Å². The molecule has 4 aromatic rings. The summed E-state index contributed by atoms with van der Waals surface area (Å²) in [6.07, 6.45) is 0.403. The van der Waals surface area contributed by atoms with Crippen molar-refractivity contribution in [1.29, 1.82) is 0 Å². The molecule has 0 N–H and O–H groups in total. The quantitative estimate of drug-likeness (QED) is 0.412. The van der Waals surface area contributed by atoms with Gasteiger partial charge in [0.25, 0.3) is 0 Å². The van der Waals surface area contributed by atoms with E-state index in [0.29, 0.717) is 26.1 Å². The van der Waals surface area contributed by atoms with Crippen LogP contribution in [0.25, 0.3) is 11.0 Å². The van der Waals surface area contributed by atoms with Gasteiger partial charge in [0.1, 0.15) is 12.4 Å². The first-order valence-corrected chi connectivity index (χ1v) is 11.8. The van der Waals surface area contributed by atoms with E-state index in [2.05, 4.69) is 0 Å². The highest BCUT2D eigenvalue weighted by Gasteiger charge is 2.34. The maximum atomic E-state index is 13.4. The molecule has 34 heavy (non-hydrogen) atoms. The third kappa shape index (κ3) is 4.31. The van der Waals surface area contributed by atoms with E-state index < -0.39 is 0 Å². The second-order valence-electron chi connectivity index (χ2n) is 8.68. The standard InChI is InChI=1S/C28H28N4O2/c1-2-31(23-13-7-4-8-14-23)27(34)20-32-25-16-10-9-15-24(25)29-28(32)22-17-26(33)30(19-22)18-21-11-5-3-6-12-21/h3-16,22H,2,17-20H2,1H3/t22-/m0/s1. The van der Waals surface area contributed by atoms with Gasteiger partial charge in [0, 0.05) is 37.7 Å². The Balaban J connectivity index is 1.43. The van der Waals surface area contributed by atoms with Gasteiger partial charge >= 0.3 is 0 Å². The van der Waals surface area contributed by atoms with E-state index in [-0.39, 0.29) is 24.3 Å². The number of hydrogen-bond donors (Lipinski definition) is 0. The number of benzene rings is 3. The molecule has 0 unspecified atom stereocenters. The number of anilines is 1. The van der Waals surface area contributed by atoms with Crippen molar-refractivity contribution in [2.24, 2.45) is 0 Å². The van der Waals surface area contributed by atoms with Gasteiger partial charge in [0.15, 0.2) is 0 Å². The van der Waals surface area contributed by atoms with E-state index in [1.54, 1.807) is 4.90 Å². The summed E-state index contributed by atoms with van der Waals surface area (Å²) in [6, 6.07) is 27.6. The number of fused-ring (bicyclic) bond motifs is 1. The second kappa shape index (κ2) is 9.51. The van der Waals surface area contributed by atoms with Gasteiger partial charge in [-0.15, -0.1) is 0 Å². The summed E-state index contributed by atoms with van der Waals surface area (Å²) in [6.45, 7) is 3.93. The Bertz CT molecular complexity index is 1300. The summed E-state index contributed by atoms with van der Waals surface area (Å²) in [5.74, 6) is 0.882. The molecule has 6 heteroatoms. The maximum absolute atomic E-state index is 13.4. The zero-order valence-electron chi connectivity index (χ0n) is 19.3. The van der Waals surface area contributed by atoms with Gasteiger partial charge in [-0.05, 0) is 36.8 Å². The van der Waals surface area contributed by atoms with Crippen LogP contribution in [-0.4, -0.2) is 39.4 Å². The van der Waals surface area contributed by atoms with E-state index in [1.165, 1.54) is 0 Å². The number of likely N-dealkylation sites (N-methyl/N-ethyl adjacent to an activating group) is 1. The van der Waals surface area contributed by atoms with Crippen LogP contribution in [0.5, 0.6) is 0 Å². The van der Waals surface area contributed by atoms with E-state index in [9.17, 15) is 9.59 Å². The number of imidazole rings is 1. The number of carbonyl (C=O) groups excluding carboxylic acids is 2. The molecule has 1 saturated heterocycles. The first kappa shape index (κ1) is 21.9. The van der Waals surface area contributed by atoms with Gasteiger partial charge in [0.2, 0.25) is 11.8 Å². The zero-order valence-corrected chi connectivity index (χ0v) is 19.3. The number of hydrogen-bond acceptors (Lipinski definition) is 3. The van der Waals surface area contributed by atoms with E-state index in [4.69, 9.17) is 4.98 Å². The van der Waals surface area contributed by atoms with Gasteiger partial charge in [0.05, 0.1) is 11.0 Å². The van der Waals surface area contributed by atoms with Crippen LogP contribution in [-0.2, 0) is 22.7 Å². The van der Waals surface area contributed by atoms with Crippen molar-refractivity contribution in [3.05, 3.63) is 96.3 Å². The second-order valence-corrected chi connectivity index (χ2v) is 8.68. The first-order valence-electron chi connectivity index (χ1n) is 11.8. The lowest BCUT2D eigenvalue weighted by Crippen LogP contribution is -2.34. The molecule has 1 aliphatic heterocycles. The lowest BCUT2D eigenvalue weighted by atomic mass is 10.1. The number of amides is 2. The normalized spacial score (nSPS) is 15.7. The molecule has 0 aliphatic carbocycles. The highest BCUT2D eigenvalue weighted by Crippen LogP contribution is 2.31.